The molecule has 50 valence electrons. The molecule has 3 heteroatoms. The number of hydrogen-bond acceptors (Lipinski definition) is 2. The Labute approximate surface area is 71.6 Å². The SMILES string of the molecule is CN(C)CCCN.[PbH2]. The molecule has 0 atom stereocenters. The molecule has 8 heavy (non-hydrogen) atoms. The van der Waals surface area contributed by atoms with Crippen LogP contribution < -0.4 is 5.73 Å². The van der Waals surface area contributed by atoms with Crippen molar-refractivity contribution >= 4 is 27.3 Å². The molecule has 0 bridgehead atoms. The van der Waals surface area contributed by atoms with Crippen LogP contribution in [-0.4, -0.2) is 59.4 Å². The van der Waals surface area contributed by atoms with Gasteiger partial charge in [0.1, 0.15) is 0 Å². The van der Waals surface area contributed by atoms with Crippen LogP contribution in [0.5, 0.6) is 0 Å². The predicted octanol–water partition coefficient (Wildman–Crippen LogP) is -1.02. The third-order valence-electron chi connectivity index (χ3n) is 0.809. The Morgan fingerprint density at radius 3 is 2.00 bits per heavy atom. The van der Waals surface area contributed by atoms with Gasteiger partial charge in [0.05, 0.1) is 0 Å². The minimum atomic E-state index is 0. The molecule has 0 aliphatic rings. The fraction of sp³-hybridized carbons (Fsp3) is 1.00. The number of nitrogens with zero attached hydrogens (tertiary/aromatic N) is 1. The van der Waals surface area contributed by atoms with E-state index < -0.39 is 0 Å². The fourth-order valence-electron chi connectivity index (χ4n) is 0.408. The van der Waals surface area contributed by atoms with Crippen LogP contribution in [0, 0.1) is 0 Å². The first-order valence-corrected chi connectivity index (χ1v) is 2.62. The Balaban J connectivity index is 0. The second-order valence-corrected chi connectivity index (χ2v) is 1.95. The first-order valence-electron chi connectivity index (χ1n) is 2.62. The zero-order chi connectivity index (χ0) is 5.70. The van der Waals surface area contributed by atoms with Crippen molar-refractivity contribution in [2.45, 2.75) is 6.42 Å². The summed E-state index contributed by atoms with van der Waals surface area (Å²) in [5.41, 5.74) is 5.25. The summed E-state index contributed by atoms with van der Waals surface area (Å²) in [7, 11) is 4.10. The molecule has 0 rings (SSSR count). The molecule has 0 spiro atoms. The standard InChI is InChI=1S/C5H14N2.Pb.2H/c1-7(2)5-3-4-6;;;/h3-6H2,1-2H3;;;. The van der Waals surface area contributed by atoms with Crippen LogP contribution in [0.1, 0.15) is 6.42 Å². The molecule has 2 radical (unpaired) electrons. The van der Waals surface area contributed by atoms with E-state index in [1.807, 2.05) is 0 Å². The first-order chi connectivity index (χ1) is 3.27. The Kier molecular flexibility index (Phi) is 11.4. The summed E-state index contributed by atoms with van der Waals surface area (Å²) in [6, 6.07) is 0. The van der Waals surface area contributed by atoms with Crippen molar-refractivity contribution in [2.75, 3.05) is 27.2 Å². The summed E-state index contributed by atoms with van der Waals surface area (Å²) in [6.07, 6.45) is 1.10. The molecule has 0 aliphatic heterocycles. The Morgan fingerprint density at radius 2 is 1.88 bits per heavy atom. The van der Waals surface area contributed by atoms with Gasteiger partial charge in [-0.05, 0) is 33.6 Å². The van der Waals surface area contributed by atoms with E-state index in [1.165, 1.54) is 0 Å². The van der Waals surface area contributed by atoms with Gasteiger partial charge in [-0.3, -0.25) is 0 Å². The zero-order valence-electron chi connectivity index (χ0n) is 5.85. The molecule has 2 nitrogen and oxygen atoms in total. The molecule has 0 saturated heterocycles. The van der Waals surface area contributed by atoms with Crippen molar-refractivity contribution in [1.82, 2.24) is 4.90 Å². The molecule has 0 amide bonds. The monoisotopic (exact) mass is 312 g/mol. The normalized spacial score (nSPS) is 9.00. The van der Waals surface area contributed by atoms with Gasteiger partial charge in [-0.25, -0.2) is 0 Å². The minimum absolute atomic E-state index is 0. The van der Waals surface area contributed by atoms with Gasteiger partial charge in [0.2, 0.25) is 0 Å². The second kappa shape index (κ2) is 7.84. The average Bonchev–Trinajstić information content (AvgIpc) is 1.61. The van der Waals surface area contributed by atoms with E-state index in [1.54, 1.807) is 0 Å². The maximum absolute atomic E-state index is 5.25. The van der Waals surface area contributed by atoms with Gasteiger partial charge in [-0.1, -0.05) is 0 Å². The van der Waals surface area contributed by atoms with Gasteiger partial charge < -0.3 is 10.6 Å². The average molecular weight is 311 g/mol. The van der Waals surface area contributed by atoms with E-state index in [-0.39, 0.29) is 27.3 Å². The van der Waals surface area contributed by atoms with E-state index in [2.05, 4.69) is 19.0 Å². The molecule has 0 aromatic carbocycles. The maximum atomic E-state index is 5.25. The molecule has 0 unspecified atom stereocenters. The Bertz CT molecular complexity index is 39.4. The van der Waals surface area contributed by atoms with Crippen molar-refractivity contribution in [3.63, 3.8) is 0 Å². The second-order valence-electron chi connectivity index (χ2n) is 1.95. The fourth-order valence-corrected chi connectivity index (χ4v) is 0.408. The van der Waals surface area contributed by atoms with E-state index in [4.69, 9.17) is 5.73 Å². The van der Waals surface area contributed by atoms with Crippen molar-refractivity contribution < 1.29 is 0 Å². The third-order valence-corrected chi connectivity index (χ3v) is 0.809. The third kappa shape index (κ3) is 9.96. The van der Waals surface area contributed by atoms with E-state index in [0.717, 1.165) is 19.5 Å². The van der Waals surface area contributed by atoms with E-state index in [9.17, 15) is 0 Å². The van der Waals surface area contributed by atoms with Crippen LogP contribution >= 0.6 is 0 Å². The summed E-state index contributed by atoms with van der Waals surface area (Å²) >= 11 is 0. The summed E-state index contributed by atoms with van der Waals surface area (Å²) in [5, 5.41) is 0. The van der Waals surface area contributed by atoms with Crippen LogP contribution in [0.25, 0.3) is 0 Å². The molecule has 0 fully saturated rings. The molecule has 0 aromatic heterocycles. The molecule has 0 heterocycles. The van der Waals surface area contributed by atoms with Gasteiger partial charge in [-0.15, -0.1) is 0 Å². The quantitative estimate of drug-likeness (QED) is 0.676. The topological polar surface area (TPSA) is 29.3 Å². The Hall–Kier alpha value is 0.842. The summed E-state index contributed by atoms with van der Waals surface area (Å²) in [6.45, 7) is 1.91. The van der Waals surface area contributed by atoms with Crippen molar-refractivity contribution in [3.05, 3.63) is 0 Å². The first kappa shape index (κ1) is 11.6. The van der Waals surface area contributed by atoms with Crippen molar-refractivity contribution in [2.24, 2.45) is 5.73 Å². The van der Waals surface area contributed by atoms with Crippen LogP contribution in [0.3, 0.4) is 0 Å². The van der Waals surface area contributed by atoms with E-state index in [0.29, 0.717) is 0 Å². The van der Waals surface area contributed by atoms with E-state index >= 15 is 0 Å². The summed E-state index contributed by atoms with van der Waals surface area (Å²) in [4.78, 5) is 2.13. The van der Waals surface area contributed by atoms with Crippen molar-refractivity contribution in [1.29, 1.82) is 0 Å². The van der Waals surface area contributed by atoms with Gasteiger partial charge in [0.25, 0.3) is 0 Å². The molecule has 2 N–H and O–H groups in total. The Morgan fingerprint density at radius 1 is 1.38 bits per heavy atom. The van der Waals surface area contributed by atoms with Crippen LogP contribution in [0.4, 0.5) is 0 Å². The molecular weight excluding hydrogens is 295 g/mol. The van der Waals surface area contributed by atoms with Crippen LogP contribution in [-0.2, 0) is 0 Å². The van der Waals surface area contributed by atoms with Crippen LogP contribution in [0.2, 0.25) is 0 Å². The molecule has 0 aromatic rings. The van der Waals surface area contributed by atoms with Crippen molar-refractivity contribution in [3.8, 4) is 0 Å². The zero-order valence-corrected chi connectivity index (χ0v) is 11.4. The molecular formula is C5H16N2Pb. The van der Waals surface area contributed by atoms with Gasteiger partial charge >= 0.3 is 27.3 Å². The number of hydrogen-bond donors (Lipinski definition) is 1. The summed E-state index contributed by atoms with van der Waals surface area (Å²) < 4.78 is 0. The predicted molar refractivity (Wildman–Crippen MR) is 40.8 cm³/mol. The number of rotatable bonds is 3. The summed E-state index contributed by atoms with van der Waals surface area (Å²) in [5.74, 6) is 0. The van der Waals surface area contributed by atoms with Gasteiger partial charge in [-0.2, -0.15) is 0 Å². The van der Waals surface area contributed by atoms with Gasteiger partial charge in [0, 0.05) is 0 Å². The van der Waals surface area contributed by atoms with Gasteiger partial charge in [0.15, 0.2) is 0 Å². The number of nitrogens with two attached hydrogens (primary N) is 1. The van der Waals surface area contributed by atoms with Crippen LogP contribution in [0.15, 0.2) is 0 Å². The molecule has 0 saturated carbocycles. The molecule has 0 aliphatic carbocycles.